The predicted octanol–water partition coefficient (Wildman–Crippen LogP) is 4.53. The zero-order valence-corrected chi connectivity index (χ0v) is 12.3. The molecule has 0 aliphatic carbocycles. The Morgan fingerprint density at radius 1 is 1.17 bits per heavy atom. The van der Waals surface area contributed by atoms with Crippen LogP contribution in [0.4, 0.5) is 0 Å². The van der Waals surface area contributed by atoms with E-state index in [1.165, 1.54) is 0 Å². The maximum atomic E-state index is 6.12. The number of thiocarbonyl (C=S) groups is 1. The average Bonchev–Trinajstić information content (AvgIpc) is 2.34. The number of para-hydroxylation sites is 1. The molecule has 0 fully saturated rings. The molecular formula is C13H9BrClNOS. The third-order valence-corrected chi connectivity index (χ3v) is 3.46. The zero-order valence-electron chi connectivity index (χ0n) is 9.19. The Balaban J connectivity index is 2.30. The second kappa shape index (κ2) is 5.69. The van der Waals surface area contributed by atoms with Crippen molar-refractivity contribution in [3.8, 4) is 11.5 Å². The molecule has 0 bridgehead atoms. The molecule has 0 radical (unpaired) electrons. The molecule has 0 amide bonds. The van der Waals surface area contributed by atoms with E-state index in [0.717, 1.165) is 10.0 Å². The van der Waals surface area contributed by atoms with E-state index in [2.05, 4.69) is 15.9 Å². The van der Waals surface area contributed by atoms with E-state index in [-0.39, 0.29) is 0 Å². The highest BCUT2D eigenvalue weighted by atomic mass is 79.9. The van der Waals surface area contributed by atoms with Crippen LogP contribution < -0.4 is 10.5 Å². The van der Waals surface area contributed by atoms with Crippen molar-refractivity contribution in [2.24, 2.45) is 5.73 Å². The molecule has 0 spiro atoms. The van der Waals surface area contributed by atoms with Gasteiger partial charge in [-0.05, 0) is 46.3 Å². The van der Waals surface area contributed by atoms with E-state index in [9.17, 15) is 0 Å². The monoisotopic (exact) mass is 341 g/mol. The van der Waals surface area contributed by atoms with Gasteiger partial charge in [0.15, 0.2) is 0 Å². The van der Waals surface area contributed by atoms with Crippen LogP contribution in [0.3, 0.4) is 0 Å². The molecule has 0 atom stereocenters. The van der Waals surface area contributed by atoms with Crippen molar-refractivity contribution in [1.82, 2.24) is 0 Å². The molecule has 0 unspecified atom stereocenters. The minimum Gasteiger partial charge on any atom is -0.455 e. The molecule has 2 rings (SSSR count). The molecule has 2 N–H and O–H groups in total. The Labute approximate surface area is 124 Å². The minimum atomic E-state index is 0.310. The predicted molar refractivity (Wildman–Crippen MR) is 81.6 cm³/mol. The Morgan fingerprint density at radius 2 is 1.89 bits per heavy atom. The summed E-state index contributed by atoms with van der Waals surface area (Å²) in [5.74, 6) is 1.26. The SMILES string of the molecule is NC(=S)c1ccc(Oc2ccccc2Br)c(Cl)c1. The summed E-state index contributed by atoms with van der Waals surface area (Å²) in [4.78, 5) is 0.310. The molecule has 92 valence electrons. The number of ether oxygens (including phenoxy) is 1. The van der Waals surface area contributed by atoms with Gasteiger partial charge in [-0.15, -0.1) is 0 Å². The zero-order chi connectivity index (χ0) is 13.1. The van der Waals surface area contributed by atoms with Gasteiger partial charge in [-0.3, -0.25) is 0 Å². The van der Waals surface area contributed by atoms with E-state index >= 15 is 0 Å². The number of hydrogen-bond donors (Lipinski definition) is 1. The summed E-state index contributed by atoms with van der Waals surface area (Å²) in [6, 6.07) is 12.8. The molecule has 0 saturated heterocycles. The third kappa shape index (κ3) is 3.02. The molecule has 2 aromatic rings. The lowest BCUT2D eigenvalue weighted by molar-refractivity contribution is 0.480. The van der Waals surface area contributed by atoms with Crippen LogP contribution in [0.25, 0.3) is 0 Å². The largest absolute Gasteiger partial charge is 0.455 e. The van der Waals surface area contributed by atoms with E-state index in [0.29, 0.717) is 21.5 Å². The van der Waals surface area contributed by atoms with E-state index in [1.807, 2.05) is 24.3 Å². The number of hydrogen-bond acceptors (Lipinski definition) is 2. The van der Waals surface area contributed by atoms with Gasteiger partial charge in [-0.2, -0.15) is 0 Å². The van der Waals surface area contributed by atoms with Crippen LogP contribution >= 0.6 is 39.7 Å². The molecule has 0 aliphatic rings. The first-order valence-corrected chi connectivity index (χ1v) is 6.67. The second-order valence-corrected chi connectivity index (χ2v) is 5.24. The van der Waals surface area contributed by atoms with Crippen LogP contribution in [0.2, 0.25) is 5.02 Å². The van der Waals surface area contributed by atoms with Crippen LogP contribution in [-0.2, 0) is 0 Å². The van der Waals surface area contributed by atoms with Crippen molar-refractivity contribution in [2.75, 3.05) is 0 Å². The van der Waals surface area contributed by atoms with Gasteiger partial charge in [0.1, 0.15) is 16.5 Å². The van der Waals surface area contributed by atoms with Gasteiger partial charge in [0.2, 0.25) is 0 Å². The lowest BCUT2D eigenvalue weighted by Gasteiger charge is -2.10. The van der Waals surface area contributed by atoms with Crippen molar-refractivity contribution in [3.63, 3.8) is 0 Å². The highest BCUT2D eigenvalue weighted by Crippen LogP contribution is 2.33. The Morgan fingerprint density at radius 3 is 2.50 bits per heavy atom. The Bertz CT molecular complexity index is 603. The topological polar surface area (TPSA) is 35.2 Å². The summed E-state index contributed by atoms with van der Waals surface area (Å²) in [7, 11) is 0. The molecule has 0 heterocycles. The standard InChI is InChI=1S/C13H9BrClNOS/c14-9-3-1-2-4-11(9)17-12-6-5-8(13(16)18)7-10(12)15/h1-7H,(H2,16,18). The highest BCUT2D eigenvalue weighted by molar-refractivity contribution is 9.10. The first-order valence-electron chi connectivity index (χ1n) is 5.09. The molecule has 0 saturated carbocycles. The van der Waals surface area contributed by atoms with Crippen LogP contribution in [0.1, 0.15) is 5.56 Å². The van der Waals surface area contributed by atoms with Gasteiger partial charge in [0, 0.05) is 5.56 Å². The molecular weight excluding hydrogens is 334 g/mol. The van der Waals surface area contributed by atoms with Crippen LogP contribution in [0, 0.1) is 0 Å². The van der Waals surface area contributed by atoms with Gasteiger partial charge >= 0.3 is 0 Å². The Kier molecular flexibility index (Phi) is 4.22. The summed E-state index contributed by atoms with van der Waals surface area (Å²) >= 11 is 14.4. The van der Waals surface area contributed by atoms with Crippen molar-refractivity contribution < 1.29 is 4.74 Å². The first kappa shape index (κ1) is 13.3. The highest BCUT2D eigenvalue weighted by Gasteiger charge is 2.07. The summed E-state index contributed by atoms with van der Waals surface area (Å²) in [5, 5.41) is 0.469. The lowest BCUT2D eigenvalue weighted by Crippen LogP contribution is -2.08. The summed E-state index contributed by atoms with van der Waals surface area (Å²) in [6.07, 6.45) is 0. The van der Waals surface area contributed by atoms with Crippen molar-refractivity contribution in [1.29, 1.82) is 0 Å². The van der Waals surface area contributed by atoms with Crippen molar-refractivity contribution >= 4 is 44.7 Å². The molecule has 18 heavy (non-hydrogen) atoms. The maximum absolute atomic E-state index is 6.12. The van der Waals surface area contributed by atoms with Crippen LogP contribution in [0.15, 0.2) is 46.9 Å². The molecule has 0 aliphatic heterocycles. The van der Waals surface area contributed by atoms with Gasteiger partial charge in [0.25, 0.3) is 0 Å². The summed E-state index contributed by atoms with van der Waals surface area (Å²) in [6.45, 7) is 0. The minimum absolute atomic E-state index is 0.310. The fraction of sp³-hybridized carbons (Fsp3) is 0. The lowest BCUT2D eigenvalue weighted by atomic mass is 10.2. The third-order valence-electron chi connectivity index (χ3n) is 2.27. The number of nitrogens with two attached hydrogens (primary N) is 1. The fourth-order valence-corrected chi connectivity index (χ4v) is 2.09. The van der Waals surface area contributed by atoms with Crippen molar-refractivity contribution in [2.45, 2.75) is 0 Å². The van der Waals surface area contributed by atoms with E-state index < -0.39 is 0 Å². The smallest absolute Gasteiger partial charge is 0.146 e. The quantitative estimate of drug-likeness (QED) is 0.832. The number of rotatable bonds is 3. The van der Waals surface area contributed by atoms with Gasteiger partial charge in [-0.1, -0.05) is 36.0 Å². The van der Waals surface area contributed by atoms with Gasteiger partial charge < -0.3 is 10.5 Å². The summed E-state index contributed by atoms with van der Waals surface area (Å²) in [5.41, 5.74) is 6.25. The van der Waals surface area contributed by atoms with Gasteiger partial charge in [0.05, 0.1) is 9.50 Å². The first-order chi connectivity index (χ1) is 8.58. The maximum Gasteiger partial charge on any atom is 0.146 e. The summed E-state index contributed by atoms with van der Waals surface area (Å²) < 4.78 is 6.57. The van der Waals surface area contributed by atoms with Gasteiger partial charge in [-0.25, -0.2) is 0 Å². The van der Waals surface area contributed by atoms with E-state index in [1.54, 1.807) is 18.2 Å². The molecule has 0 aromatic heterocycles. The molecule has 5 heteroatoms. The fourth-order valence-electron chi connectivity index (χ4n) is 1.38. The van der Waals surface area contributed by atoms with Crippen molar-refractivity contribution in [3.05, 3.63) is 57.5 Å². The van der Waals surface area contributed by atoms with Crippen LogP contribution in [0.5, 0.6) is 11.5 Å². The number of halogens is 2. The molecule has 2 nitrogen and oxygen atoms in total. The molecule has 2 aromatic carbocycles. The number of benzene rings is 2. The second-order valence-electron chi connectivity index (χ2n) is 3.54. The van der Waals surface area contributed by atoms with Crippen LogP contribution in [-0.4, -0.2) is 4.99 Å². The Hall–Kier alpha value is -1.10. The average molecular weight is 343 g/mol. The normalized spacial score (nSPS) is 10.1. The van der Waals surface area contributed by atoms with E-state index in [4.69, 9.17) is 34.3 Å².